The lowest BCUT2D eigenvalue weighted by Gasteiger charge is -2.44. The van der Waals surface area contributed by atoms with Crippen LogP contribution in [-0.2, 0) is 4.74 Å². The SMILES string of the molecule is CC1CCC(NC2CCOC3(CCCCC3)C2)C1C. The van der Waals surface area contributed by atoms with Crippen molar-refractivity contribution < 1.29 is 4.74 Å². The minimum Gasteiger partial charge on any atom is -0.375 e. The van der Waals surface area contributed by atoms with Crippen LogP contribution in [-0.4, -0.2) is 24.3 Å². The van der Waals surface area contributed by atoms with E-state index < -0.39 is 0 Å². The van der Waals surface area contributed by atoms with Gasteiger partial charge in [-0.05, 0) is 50.4 Å². The summed E-state index contributed by atoms with van der Waals surface area (Å²) in [6.07, 6.45) is 12.1. The fraction of sp³-hybridized carbons (Fsp3) is 1.00. The summed E-state index contributed by atoms with van der Waals surface area (Å²) in [5.74, 6) is 1.76. The molecule has 3 rings (SSSR count). The van der Waals surface area contributed by atoms with Crippen LogP contribution in [0.2, 0.25) is 0 Å². The minimum absolute atomic E-state index is 0.252. The highest BCUT2D eigenvalue weighted by atomic mass is 16.5. The maximum absolute atomic E-state index is 6.21. The van der Waals surface area contributed by atoms with Crippen molar-refractivity contribution in [3.8, 4) is 0 Å². The molecule has 2 heteroatoms. The van der Waals surface area contributed by atoms with Crippen molar-refractivity contribution in [1.29, 1.82) is 0 Å². The van der Waals surface area contributed by atoms with Gasteiger partial charge >= 0.3 is 0 Å². The van der Waals surface area contributed by atoms with E-state index in [-0.39, 0.29) is 5.60 Å². The third-order valence-corrected chi connectivity index (χ3v) is 6.17. The van der Waals surface area contributed by atoms with Gasteiger partial charge in [-0.2, -0.15) is 0 Å². The highest BCUT2D eigenvalue weighted by Crippen LogP contribution is 2.39. The first-order chi connectivity index (χ1) is 9.19. The normalized spacial score (nSPS) is 42.6. The second-order valence-electron chi connectivity index (χ2n) is 7.47. The van der Waals surface area contributed by atoms with Crippen LogP contribution in [0, 0.1) is 11.8 Å². The zero-order valence-corrected chi connectivity index (χ0v) is 12.8. The van der Waals surface area contributed by atoms with Crippen LogP contribution in [0.5, 0.6) is 0 Å². The Labute approximate surface area is 118 Å². The van der Waals surface area contributed by atoms with Gasteiger partial charge in [-0.25, -0.2) is 0 Å². The smallest absolute Gasteiger partial charge is 0.0697 e. The van der Waals surface area contributed by atoms with Crippen LogP contribution >= 0.6 is 0 Å². The van der Waals surface area contributed by atoms with Crippen LogP contribution in [0.4, 0.5) is 0 Å². The molecule has 2 nitrogen and oxygen atoms in total. The Kier molecular flexibility index (Phi) is 4.19. The lowest BCUT2D eigenvalue weighted by atomic mass is 9.78. The first-order valence-corrected chi connectivity index (χ1v) is 8.59. The molecule has 1 heterocycles. The molecule has 0 amide bonds. The van der Waals surface area contributed by atoms with Gasteiger partial charge in [-0.15, -0.1) is 0 Å². The molecular weight excluding hydrogens is 234 g/mol. The zero-order chi connectivity index (χ0) is 13.3. The van der Waals surface area contributed by atoms with Gasteiger partial charge in [-0.3, -0.25) is 0 Å². The van der Waals surface area contributed by atoms with Crippen molar-refractivity contribution >= 4 is 0 Å². The van der Waals surface area contributed by atoms with Crippen molar-refractivity contribution in [1.82, 2.24) is 5.32 Å². The Hall–Kier alpha value is -0.0800. The van der Waals surface area contributed by atoms with Crippen LogP contribution in [0.25, 0.3) is 0 Å². The van der Waals surface area contributed by atoms with Crippen LogP contribution in [0.15, 0.2) is 0 Å². The number of nitrogens with one attached hydrogen (secondary N) is 1. The summed E-state index contributed by atoms with van der Waals surface area (Å²) in [5.41, 5.74) is 0.252. The lowest BCUT2D eigenvalue weighted by molar-refractivity contribution is -0.110. The molecule has 0 bridgehead atoms. The maximum Gasteiger partial charge on any atom is 0.0697 e. The van der Waals surface area contributed by atoms with Crippen molar-refractivity contribution in [2.24, 2.45) is 11.8 Å². The molecule has 110 valence electrons. The fourth-order valence-corrected chi connectivity index (χ4v) is 4.62. The van der Waals surface area contributed by atoms with Gasteiger partial charge < -0.3 is 10.1 Å². The summed E-state index contributed by atoms with van der Waals surface area (Å²) in [5, 5.41) is 3.99. The summed E-state index contributed by atoms with van der Waals surface area (Å²) < 4.78 is 6.21. The van der Waals surface area contributed by atoms with Gasteiger partial charge in [0.05, 0.1) is 5.60 Å². The number of rotatable bonds is 2. The van der Waals surface area contributed by atoms with Gasteiger partial charge in [0.2, 0.25) is 0 Å². The molecule has 0 aromatic rings. The molecule has 3 aliphatic rings. The molecule has 1 N–H and O–H groups in total. The van der Waals surface area contributed by atoms with E-state index in [1.165, 1.54) is 57.8 Å². The van der Waals surface area contributed by atoms with Gasteiger partial charge in [0.25, 0.3) is 0 Å². The average Bonchev–Trinajstić information content (AvgIpc) is 2.72. The number of hydrogen-bond donors (Lipinski definition) is 1. The second-order valence-corrected chi connectivity index (χ2v) is 7.47. The molecule has 0 radical (unpaired) electrons. The van der Waals surface area contributed by atoms with Crippen LogP contribution in [0.1, 0.15) is 71.6 Å². The van der Waals surface area contributed by atoms with E-state index in [1.54, 1.807) is 0 Å². The van der Waals surface area contributed by atoms with Crippen molar-refractivity contribution in [3.05, 3.63) is 0 Å². The maximum atomic E-state index is 6.21. The van der Waals surface area contributed by atoms with Crippen molar-refractivity contribution in [2.75, 3.05) is 6.61 Å². The highest BCUT2D eigenvalue weighted by molar-refractivity contribution is 4.95. The summed E-state index contributed by atoms with van der Waals surface area (Å²) in [6.45, 7) is 5.83. The van der Waals surface area contributed by atoms with E-state index >= 15 is 0 Å². The predicted octanol–water partition coefficient (Wildman–Crippen LogP) is 3.89. The molecular formula is C17H31NO. The minimum atomic E-state index is 0.252. The molecule has 4 atom stereocenters. The molecule has 19 heavy (non-hydrogen) atoms. The predicted molar refractivity (Wildman–Crippen MR) is 79.3 cm³/mol. The summed E-state index contributed by atoms with van der Waals surface area (Å²) in [6, 6.07) is 1.48. The standard InChI is InChI=1S/C17H31NO/c1-13-6-7-16(14(13)2)18-15-8-11-19-17(12-15)9-4-3-5-10-17/h13-16,18H,3-12H2,1-2H3. The largest absolute Gasteiger partial charge is 0.375 e. The Balaban J connectivity index is 1.56. The molecule has 1 spiro atoms. The topological polar surface area (TPSA) is 21.3 Å². The molecule has 0 aromatic carbocycles. The molecule has 4 unspecified atom stereocenters. The van der Waals surface area contributed by atoms with E-state index in [2.05, 4.69) is 19.2 Å². The van der Waals surface area contributed by atoms with Gasteiger partial charge in [0.15, 0.2) is 0 Å². The van der Waals surface area contributed by atoms with E-state index in [0.717, 1.165) is 24.5 Å². The first-order valence-electron chi connectivity index (χ1n) is 8.59. The van der Waals surface area contributed by atoms with E-state index in [9.17, 15) is 0 Å². The molecule has 0 aromatic heterocycles. The van der Waals surface area contributed by atoms with Gasteiger partial charge in [0.1, 0.15) is 0 Å². The highest BCUT2D eigenvalue weighted by Gasteiger charge is 2.40. The third kappa shape index (κ3) is 3.00. The Morgan fingerprint density at radius 1 is 1.00 bits per heavy atom. The second kappa shape index (κ2) is 5.73. The lowest BCUT2D eigenvalue weighted by Crippen LogP contribution is -2.51. The van der Waals surface area contributed by atoms with E-state index in [1.807, 2.05) is 0 Å². The monoisotopic (exact) mass is 265 g/mol. The van der Waals surface area contributed by atoms with Crippen LogP contribution < -0.4 is 5.32 Å². The van der Waals surface area contributed by atoms with Gasteiger partial charge in [-0.1, -0.05) is 33.1 Å². The Morgan fingerprint density at radius 3 is 2.47 bits per heavy atom. The first kappa shape index (κ1) is 13.9. The third-order valence-electron chi connectivity index (χ3n) is 6.17. The fourth-order valence-electron chi connectivity index (χ4n) is 4.62. The van der Waals surface area contributed by atoms with E-state index in [0.29, 0.717) is 6.04 Å². The molecule has 1 aliphatic heterocycles. The van der Waals surface area contributed by atoms with Crippen LogP contribution in [0.3, 0.4) is 0 Å². The van der Waals surface area contributed by atoms with Crippen molar-refractivity contribution in [2.45, 2.75) is 89.3 Å². The molecule has 2 saturated carbocycles. The quantitative estimate of drug-likeness (QED) is 0.818. The molecule has 3 fully saturated rings. The Morgan fingerprint density at radius 2 is 1.79 bits per heavy atom. The molecule has 1 saturated heterocycles. The molecule has 2 aliphatic carbocycles. The Bertz CT molecular complexity index is 292. The summed E-state index contributed by atoms with van der Waals surface area (Å²) in [4.78, 5) is 0. The van der Waals surface area contributed by atoms with E-state index in [4.69, 9.17) is 4.74 Å². The zero-order valence-electron chi connectivity index (χ0n) is 12.8. The number of ether oxygens (including phenoxy) is 1. The summed E-state index contributed by atoms with van der Waals surface area (Å²) >= 11 is 0. The number of hydrogen-bond acceptors (Lipinski definition) is 2. The summed E-state index contributed by atoms with van der Waals surface area (Å²) in [7, 11) is 0. The average molecular weight is 265 g/mol. The van der Waals surface area contributed by atoms with Crippen molar-refractivity contribution in [3.63, 3.8) is 0 Å². The van der Waals surface area contributed by atoms with Gasteiger partial charge in [0, 0.05) is 18.7 Å².